The number of carboxylic acid groups (broad SMARTS) is 2. The second-order valence-electron chi connectivity index (χ2n) is 3.51. The summed E-state index contributed by atoms with van der Waals surface area (Å²) in [6.45, 7) is 1.09. The van der Waals surface area contributed by atoms with Gasteiger partial charge in [-0.05, 0) is 0 Å². The molecule has 1 aromatic heterocycles. The number of amides is 1. The molecule has 0 saturated carbocycles. The van der Waals surface area contributed by atoms with E-state index in [-0.39, 0.29) is 20.9 Å². The van der Waals surface area contributed by atoms with Gasteiger partial charge in [0.2, 0.25) is 0 Å². The average molecular weight is 304 g/mol. The zero-order valence-corrected chi connectivity index (χ0v) is 10.7. The van der Waals surface area contributed by atoms with Crippen molar-refractivity contribution in [2.24, 2.45) is 0 Å². The summed E-state index contributed by atoms with van der Waals surface area (Å²) in [7, 11) is 0. The molecule has 0 atom stereocenters. The SMILES string of the molecule is CC(=O)NC(Cc1cc[se]c1)(C(=O)O)C(=O)O. The fourth-order valence-corrected chi connectivity index (χ4v) is 2.80. The van der Waals surface area contributed by atoms with Gasteiger partial charge in [-0.15, -0.1) is 0 Å². The van der Waals surface area contributed by atoms with Crippen molar-refractivity contribution in [3.8, 4) is 0 Å². The third-order valence-corrected chi connectivity index (χ3v) is 3.70. The molecule has 0 aromatic carbocycles. The topological polar surface area (TPSA) is 104 Å². The number of hydrogen-bond donors (Lipinski definition) is 3. The fourth-order valence-electron chi connectivity index (χ4n) is 1.39. The van der Waals surface area contributed by atoms with E-state index in [0.29, 0.717) is 5.56 Å². The van der Waals surface area contributed by atoms with E-state index in [2.05, 4.69) is 0 Å². The molecule has 1 heterocycles. The number of carboxylic acids is 2. The second-order valence-corrected chi connectivity index (χ2v) is 5.14. The molecule has 0 aliphatic carbocycles. The van der Waals surface area contributed by atoms with Crippen LogP contribution in [0.4, 0.5) is 0 Å². The first-order valence-corrected chi connectivity index (χ1v) is 6.63. The van der Waals surface area contributed by atoms with Crippen LogP contribution in [0.15, 0.2) is 15.9 Å². The van der Waals surface area contributed by atoms with Crippen molar-refractivity contribution in [1.82, 2.24) is 5.32 Å². The summed E-state index contributed by atoms with van der Waals surface area (Å²) >= 11 is 0.133. The van der Waals surface area contributed by atoms with Gasteiger partial charge < -0.3 is 0 Å². The maximum atomic E-state index is 11.1. The second kappa shape index (κ2) is 5.16. The van der Waals surface area contributed by atoms with Gasteiger partial charge in [-0.1, -0.05) is 0 Å². The van der Waals surface area contributed by atoms with Gasteiger partial charge in [-0.2, -0.15) is 0 Å². The van der Waals surface area contributed by atoms with Gasteiger partial charge in [0.1, 0.15) is 0 Å². The molecule has 0 saturated heterocycles. The summed E-state index contributed by atoms with van der Waals surface area (Å²) in [5, 5.41) is 20.1. The molecule has 3 N–H and O–H groups in total. The van der Waals surface area contributed by atoms with Crippen LogP contribution in [0.2, 0.25) is 0 Å². The minimum absolute atomic E-state index is 0.133. The predicted octanol–water partition coefficient (Wildman–Crippen LogP) is -0.670. The number of aliphatic carboxylic acids is 2. The first-order chi connectivity index (χ1) is 7.88. The fraction of sp³-hybridized carbons (Fsp3) is 0.300. The molecule has 6 nitrogen and oxygen atoms in total. The molecule has 1 aromatic rings. The molecule has 1 rings (SSSR count). The minimum atomic E-state index is -2.29. The summed E-state index contributed by atoms with van der Waals surface area (Å²) in [5.74, 6) is -3.84. The van der Waals surface area contributed by atoms with Gasteiger partial charge >= 0.3 is 103 Å². The van der Waals surface area contributed by atoms with E-state index in [0.717, 1.165) is 6.92 Å². The van der Waals surface area contributed by atoms with E-state index < -0.39 is 23.4 Å². The van der Waals surface area contributed by atoms with Crippen LogP contribution in [0.1, 0.15) is 12.5 Å². The first-order valence-electron chi connectivity index (χ1n) is 4.65. The van der Waals surface area contributed by atoms with Crippen molar-refractivity contribution >= 4 is 32.3 Å². The van der Waals surface area contributed by atoms with Crippen LogP contribution >= 0.6 is 0 Å². The van der Waals surface area contributed by atoms with Crippen LogP contribution in [0.25, 0.3) is 0 Å². The normalized spacial score (nSPS) is 10.9. The molecule has 0 radical (unpaired) electrons. The van der Waals surface area contributed by atoms with Gasteiger partial charge in [0.15, 0.2) is 0 Å². The van der Waals surface area contributed by atoms with E-state index in [1.165, 1.54) is 0 Å². The number of carbonyl (C=O) groups excluding carboxylic acids is 1. The molecule has 0 aliphatic heterocycles. The third kappa shape index (κ3) is 2.95. The van der Waals surface area contributed by atoms with Gasteiger partial charge in [0.25, 0.3) is 0 Å². The van der Waals surface area contributed by atoms with Gasteiger partial charge in [-0.25, -0.2) is 0 Å². The van der Waals surface area contributed by atoms with Crippen molar-refractivity contribution in [2.45, 2.75) is 18.9 Å². The summed E-state index contributed by atoms with van der Waals surface area (Å²) in [6, 6.07) is 1.68. The molecule has 0 fully saturated rings. The molecule has 0 bridgehead atoms. The number of carbonyl (C=O) groups is 3. The number of rotatable bonds is 5. The van der Waals surface area contributed by atoms with Gasteiger partial charge in [-0.3, -0.25) is 0 Å². The Morgan fingerprint density at radius 3 is 2.29 bits per heavy atom. The summed E-state index contributed by atoms with van der Waals surface area (Å²) in [6.07, 6.45) is -0.254. The van der Waals surface area contributed by atoms with Crippen molar-refractivity contribution in [3.05, 3.63) is 21.5 Å². The molecular formula is C10H11NO5Se. The number of hydrogen-bond acceptors (Lipinski definition) is 3. The average Bonchev–Trinajstić information content (AvgIpc) is 2.67. The summed E-state index contributed by atoms with van der Waals surface area (Å²) < 4.78 is 0. The number of nitrogens with one attached hydrogen (secondary N) is 1. The van der Waals surface area contributed by atoms with Crippen molar-refractivity contribution in [1.29, 1.82) is 0 Å². The van der Waals surface area contributed by atoms with E-state index in [4.69, 9.17) is 10.2 Å². The van der Waals surface area contributed by atoms with Crippen LogP contribution in [0, 0.1) is 0 Å². The molecule has 7 heteroatoms. The third-order valence-electron chi connectivity index (χ3n) is 2.17. The Bertz CT molecular complexity index is 426. The molecular weight excluding hydrogens is 293 g/mol. The van der Waals surface area contributed by atoms with Crippen molar-refractivity contribution < 1.29 is 24.6 Å². The Morgan fingerprint density at radius 1 is 1.35 bits per heavy atom. The van der Waals surface area contributed by atoms with Gasteiger partial charge in [0, 0.05) is 0 Å². The van der Waals surface area contributed by atoms with Crippen molar-refractivity contribution in [2.75, 3.05) is 0 Å². The van der Waals surface area contributed by atoms with Crippen LogP contribution in [0.5, 0.6) is 0 Å². The Morgan fingerprint density at radius 2 is 1.94 bits per heavy atom. The van der Waals surface area contributed by atoms with E-state index >= 15 is 0 Å². The molecule has 0 unspecified atom stereocenters. The molecule has 92 valence electrons. The monoisotopic (exact) mass is 305 g/mol. The first kappa shape index (κ1) is 13.5. The van der Waals surface area contributed by atoms with Crippen molar-refractivity contribution in [3.63, 3.8) is 0 Å². The van der Waals surface area contributed by atoms with E-state index in [1.54, 1.807) is 11.0 Å². The zero-order valence-electron chi connectivity index (χ0n) is 8.97. The Kier molecular flexibility index (Phi) is 4.09. The van der Waals surface area contributed by atoms with E-state index in [1.807, 2.05) is 10.3 Å². The molecule has 1 amide bonds. The predicted molar refractivity (Wildman–Crippen MR) is 58.9 cm³/mol. The van der Waals surface area contributed by atoms with Gasteiger partial charge in [0.05, 0.1) is 0 Å². The molecule has 0 aliphatic rings. The maximum absolute atomic E-state index is 11.1. The Balaban J connectivity index is 3.10. The summed E-state index contributed by atoms with van der Waals surface area (Å²) in [5.41, 5.74) is -1.67. The van der Waals surface area contributed by atoms with Crippen LogP contribution in [0.3, 0.4) is 0 Å². The Hall–Kier alpha value is -1.59. The molecule has 0 spiro atoms. The van der Waals surface area contributed by atoms with Crippen LogP contribution in [-0.2, 0) is 20.8 Å². The Labute approximate surface area is 103 Å². The quantitative estimate of drug-likeness (QED) is 0.494. The van der Waals surface area contributed by atoms with Crippen LogP contribution < -0.4 is 5.32 Å². The molecule has 17 heavy (non-hydrogen) atoms. The van der Waals surface area contributed by atoms with E-state index in [9.17, 15) is 14.4 Å². The zero-order chi connectivity index (χ0) is 13.1. The summed E-state index contributed by atoms with van der Waals surface area (Å²) in [4.78, 5) is 36.9. The standard InChI is InChI=1S/C10H11NO5Se/c1-6(12)11-10(8(13)14,9(15)16)4-7-2-3-17-5-7/h2-3,5H,4H2,1H3,(H,11,12)(H,13,14)(H,15,16). The van der Waals surface area contributed by atoms with Crippen LogP contribution in [-0.4, -0.2) is 48.1 Å².